The van der Waals surface area contributed by atoms with E-state index < -0.39 is 0 Å². The van der Waals surface area contributed by atoms with Gasteiger partial charge in [0.05, 0.1) is 23.8 Å². The molecule has 0 unspecified atom stereocenters. The molecule has 0 atom stereocenters. The molecule has 3 aromatic rings. The molecule has 1 aromatic carbocycles. The molecule has 1 saturated carbocycles. The summed E-state index contributed by atoms with van der Waals surface area (Å²) in [6, 6.07) is 5.73. The van der Waals surface area contributed by atoms with E-state index in [1.165, 1.54) is 12.8 Å². The number of aromatic nitrogens is 4. The van der Waals surface area contributed by atoms with Crippen molar-refractivity contribution in [2.75, 3.05) is 7.11 Å². The van der Waals surface area contributed by atoms with Crippen LogP contribution in [-0.4, -0.2) is 27.1 Å². The zero-order valence-electron chi connectivity index (χ0n) is 13.2. The number of benzene rings is 1. The Bertz CT molecular complexity index is 966. The van der Waals surface area contributed by atoms with Crippen LogP contribution in [0.2, 0.25) is 5.02 Å². The molecule has 0 saturated heterocycles. The van der Waals surface area contributed by atoms with Crippen molar-refractivity contribution >= 4 is 22.6 Å². The van der Waals surface area contributed by atoms with Crippen LogP contribution in [0.1, 0.15) is 24.0 Å². The average molecular weight is 339 g/mol. The minimum atomic E-state index is 0.540. The third-order valence-corrected chi connectivity index (χ3v) is 4.43. The van der Waals surface area contributed by atoms with Crippen LogP contribution in [0.15, 0.2) is 30.6 Å². The molecule has 4 rings (SSSR count). The molecule has 0 bridgehead atoms. The van der Waals surface area contributed by atoms with Crippen LogP contribution in [0, 0.1) is 17.8 Å². The number of nitrogens with zero attached hydrogens (tertiary/aromatic N) is 4. The lowest BCUT2D eigenvalue weighted by Crippen LogP contribution is -2.01. The highest BCUT2D eigenvalue weighted by atomic mass is 35.5. The average Bonchev–Trinajstić information content (AvgIpc) is 3.33. The van der Waals surface area contributed by atoms with Crippen molar-refractivity contribution in [2.24, 2.45) is 5.92 Å². The summed E-state index contributed by atoms with van der Waals surface area (Å²) in [6.45, 7) is 0.910. The fraction of sp³-hybridized carbons (Fsp3) is 0.278. The van der Waals surface area contributed by atoms with Gasteiger partial charge in [0.1, 0.15) is 11.3 Å². The van der Waals surface area contributed by atoms with E-state index in [-0.39, 0.29) is 0 Å². The Morgan fingerprint density at radius 3 is 2.96 bits per heavy atom. The summed E-state index contributed by atoms with van der Waals surface area (Å²) in [4.78, 5) is 4.09. The number of hydrogen-bond acceptors (Lipinski definition) is 4. The lowest BCUT2D eigenvalue weighted by Gasteiger charge is -2.01. The second-order valence-corrected chi connectivity index (χ2v) is 6.25. The second kappa shape index (κ2) is 6.14. The van der Waals surface area contributed by atoms with Gasteiger partial charge in [-0.25, -0.2) is 4.68 Å². The zero-order chi connectivity index (χ0) is 16.5. The monoisotopic (exact) mass is 338 g/mol. The van der Waals surface area contributed by atoms with Crippen molar-refractivity contribution in [1.82, 2.24) is 20.0 Å². The van der Waals surface area contributed by atoms with E-state index in [4.69, 9.17) is 16.3 Å². The van der Waals surface area contributed by atoms with Crippen LogP contribution < -0.4 is 4.74 Å². The van der Waals surface area contributed by atoms with Crippen molar-refractivity contribution in [3.8, 4) is 17.6 Å². The molecule has 2 aromatic heterocycles. The number of hydrogen-bond donors (Lipinski definition) is 0. The minimum Gasteiger partial charge on any atom is -0.495 e. The van der Waals surface area contributed by atoms with Gasteiger partial charge in [-0.3, -0.25) is 4.98 Å². The first-order chi connectivity index (χ1) is 11.7. The SMILES string of the molecule is COc1cncc(C#Cc2ccc3c(nnn3CC3CC3)c2Cl)c1. The summed E-state index contributed by atoms with van der Waals surface area (Å²) >= 11 is 6.47. The molecule has 1 aliphatic carbocycles. The predicted molar refractivity (Wildman–Crippen MR) is 92.0 cm³/mol. The van der Waals surface area contributed by atoms with E-state index in [1.54, 1.807) is 19.5 Å². The molecule has 120 valence electrons. The number of pyridine rings is 1. The molecule has 6 heteroatoms. The summed E-state index contributed by atoms with van der Waals surface area (Å²) in [5, 5.41) is 8.99. The second-order valence-electron chi connectivity index (χ2n) is 5.87. The van der Waals surface area contributed by atoms with Crippen molar-refractivity contribution in [3.63, 3.8) is 0 Å². The van der Waals surface area contributed by atoms with Crippen molar-refractivity contribution < 1.29 is 4.74 Å². The van der Waals surface area contributed by atoms with E-state index in [2.05, 4.69) is 27.1 Å². The minimum absolute atomic E-state index is 0.540. The Morgan fingerprint density at radius 2 is 2.17 bits per heavy atom. The fourth-order valence-corrected chi connectivity index (χ4v) is 2.76. The van der Waals surface area contributed by atoms with Crippen molar-refractivity contribution in [3.05, 3.63) is 46.7 Å². The van der Waals surface area contributed by atoms with Gasteiger partial charge in [0.2, 0.25) is 0 Å². The largest absolute Gasteiger partial charge is 0.495 e. The van der Waals surface area contributed by atoms with Gasteiger partial charge in [-0.05, 0) is 37.0 Å². The molecule has 0 N–H and O–H groups in total. The number of rotatable bonds is 3. The standard InChI is InChI=1S/C18H15ClN4O/c1-24-15-8-13(9-20-10-15)4-5-14-6-7-16-18(17(14)19)21-22-23(16)11-12-2-3-12/h6-10,12H,2-3,11H2,1H3. The summed E-state index contributed by atoms with van der Waals surface area (Å²) in [6.07, 6.45) is 5.87. The Hall–Kier alpha value is -2.58. The molecule has 5 nitrogen and oxygen atoms in total. The molecule has 0 spiro atoms. The molecule has 24 heavy (non-hydrogen) atoms. The van der Waals surface area contributed by atoms with Gasteiger partial charge in [-0.15, -0.1) is 5.10 Å². The summed E-state index contributed by atoms with van der Waals surface area (Å²) in [5.74, 6) is 7.54. The lowest BCUT2D eigenvalue weighted by atomic mass is 10.1. The number of fused-ring (bicyclic) bond motifs is 1. The Balaban J connectivity index is 1.67. The first-order valence-electron chi connectivity index (χ1n) is 7.77. The summed E-state index contributed by atoms with van der Waals surface area (Å²) < 4.78 is 7.08. The van der Waals surface area contributed by atoms with Gasteiger partial charge >= 0.3 is 0 Å². The molecular formula is C18H15ClN4O. The Kier molecular flexibility index (Phi) is 3.83. The lowest BCUT2D eigenvalue weighted by molar-refractivity contribution is 0.413. The molecule has 1 aliphatic rings. The smallest absolute Gasteiger partial charge is 0.138 e. The maximum atomic E-state index is 6.47. The highest BCUT2D eigenvalue weighted by Crippen LogP contribution is 2.32. The quantitative estimate of drug-likeness (QED) is 0.688. The maximum Gasteiger partial charge on any atom is 0.138 e. The molecule has 2 heterocycles. The normalized spacial score (nSPS) is 13.6. The van der Waals surface area contributed by atoms with Crippen LogP contribution >= 0.6 is 11.6 Å². The number of methoxy groups -OCH3 is 1. The predicted octanol–water partition coefficient (Wildman–Crippen LogP) is 3.30. The van der Waals surface area contributed by atoms with Gasteiger partial charge in [-0.2, -0.15) is 0 Å². The van der Waals surface area contributed by atoms with E-state index >= 15 is 0 Å². The van der Waals surface area contributed by atoms with Gasteiger partial charge in [-0.1, -0.05) is 28.7 Å². The first kappa shape index (κ1) is 15.0. The fourth-order valence-electron chi connectivity index (χ4n) is 2.52. The van der Waals surface area contributed by atoms with Gasteiger partial charge in [0.25, 0.3) is 0 Å². The van der Waals surface area contributed by atoms with E-state index in [0.717, 1.165) is 29.1 Å². The molecule has 0 radical (unpaired) electrons. The Morgan fingerprint density at radius 1 is 1.29 bits per heavy atom. The number of halogens is 1. The Labute approximate surface area is 144 Å². The molecular weight excluding hydrogens is 324 g/mol. The van der Waals surface area contributed by atoms with E-state index in [9.17, 15) is 0 Å². The third-order valence-electron chi connectivity index (χ3n) is 4.04. The van der Waals surface area contributed by atoms with Crippen LogP contribution in [0.25, 0.3) is 11.0 Å². The molecule has 0 aliphatic heterocycles. The van der Waals surface area contributed by atoms with E-state index in [1.807, 2.05) is 22.9 Å². The van der Waals surface area contributed by atoms with E-state index in [0.29, 0.717) is 16.3 Å². The summed E-state index contributed by atoms with van der Waals surface area (Å²) in [5.41, 5.74) is 3.15. The first-order valence-corrected chi connectivity index (χ1v) is 8.15. The molecule has 0 amide bonds. The highest BCUT2D eigenvalue weighted by Gasteiger charge is 2.23. The molecule has 1 fully saturated rings. The van der Waals surface area contributed by atoms with Gasteiger partial charge in [0.15, 0.2) is 0 Å². The maximum absolute atomic E-state index is 6.47. The van der Waals surface area contributed by atoms with Crippen molar-refractivity contribution in [1.29, 1.82) is 0 Å². The highest BCUT2D eigenvalue weighted by molar-refractivity contribution is 6.36. The zero-order valence-corrected chi connectivity index (χ0v) is 13.9. The number of ether oxygens (including phenoxy) is 1. The van der Waals surface area contributed by atoms with Gasteiger partial charge < -0.3 is 4.74 Å². The third kappa shape index (κ3) is 2.93. The van der Waals surface area contributed by atoms with Crippen LogP contribution in [0.5, 0.6) is 5.75 Å². The van der Waals surface area contributed by atoms with Gasteiger partial charge in [0, 0.05) is 23.9 Å². The van der Waals surface area contributed by atoms with Crippen LogP contribution in [-0.2, 0) is 6.54 Å². The van der Waals surface area contributed by atoms with Crippen molar-refractivity contribution in [2.45, 2.75) is 19.4 Å². The van der Waals surface area contributed by atoms with Crippen LogP contribution in [0.3, 0.4) is 0 Å². The van der Waals surface area contributed by atoms with Crippen LogP contribution in [0.4, 0.5) is 0 Å². The topological polar surface area (TPSA) is 52.8 Å². The summed E-state index contributed by atoms with van der Waals surface area (Å²) in [7, 11) is 1.60.